The van der Waals surface area contributed by atoms with Gasteiger partial charge in [0.2, 0.25) is 5.91 Å². The van der Waals surface area contributed by atoms with Gasteiger partial charge in [0, 0.05) is 28.9 Å². The maximum atomic E-state index is 13.6. The first-order chi connectivity index (χ1) is 15.2. The van der Waals surface area contributed by atoms with Gasteiger partial charge in [0.15, 0.2) is 0 Å². The Morgan fingerprint density at radius 3 is 2.65 bits per heavy atom. The average Bonchev–Trinajstić information content (AvgIpc) is 3.46. The van der Waals surface area contributed by atoms with E-state index in [-0.39, 0.29) is 11.8 Å². The zero-order valence-corrected chi connectivity index (χ0v) is 17.6. The molecule has 3 heterocycles. The molecule has 1 unspecified atom stereocenters. The van der Waals surface area contributed by atoms with Crippen molar-refractivity contribution in [2.24, 2.45) is 5.92 Å². The largest absolute Gasteiger partial charge is 0.359 e. The van der Waals surface area contributed by atoms with E-state index >= 15 is 0 Å². The number of amides is 1. The van der Waals surface area contributed by atoms with Crippen molar-refractivity contribution in [3.8, 4) is 11.1 Å². The van der Waals surface area contributed by atoms with Gasteiger partial charge < -0.3 is 15.2 Å². The van der Waals surface area contributed by atoms with Crippen LogP contribution in [0.2, 0.25) is 0 Å². The number of fused-ring (bicyclic) bond motifs is 1. The molecule has 3 N–H and O–H groups in total. The Bertz CT molecular complexity index is 1160. The first-order valence-electron chi connectivity index (χ1n) is 10.8. The van der Waals surface area contributed by atoms with Gasteiger partial charge in [0.1, 0.15) is 0 Å². The van der Waals surface area contributed by atoms with Crippen LogP contribution < -0.4 is 5.32 Å². The number of carbonyl (C=O) groups excluding carboxylic acids is 1. The van der Waals surface area contributed by atoms with Crippen LogP contribution in [0, 0.1) is 5.92 Å². The third-order valence-electron chi connectivity index (χ3n) is 6.46. The molecule has 0 spiro atoms. The van der Waals surface area contributed by atoms with Gasteiger partial charge in [0.05, 0.1) is 23.3 Å². The molecule has 1 saturated heterocycles. The van der Waals surface area contributed by atoms with Crippen molar-refractivity contribution in [2.45, 2.75) is 18.8 Å². The van der Waals surface area contributed by atoms with Crippen molar-refractivity contribution in [1.82, 2.24) is 20.1 Å². The number of anilines is 1. The molecule has 0 bridgehead atoms. The van der Waals surface area contributed by atoms with Crippen LogP contribution in [-0.2, 0) is 4.79 Å². The number of hydrogen-bond donors (Lipinski definition) is 3. The van der Waals surface area contributed by atoms with Crippen molar-refractivity contribution in [3.63, 3.8) is 0 Å². The number of aromatic nitrogens is 3. The third kappa shape index (κ3) is 3.86. The number of hydrogen-bond acceptors (Lipinski definition) is 3. The molecular formula is C25H27N5O. The molecule has 2 aromatic carbocycles. The van der Waals surface area contributed by atoms with E-state index < -0.39 is 0 Å². The van der Waals surface area contributed by atoms with Gasteiger partial charge >= 0.3 is 0 Å². The maximum Gasteiger partial charge on any atom is 0.232 e. The monoisotopic (exact) mass is 413 g/mol. The summed E-state index contributed by atoms with van der Waals surface area (Å²) < 4.78 is 0. The van der Waals surface area contributed by atoms with Crippen molar-refractivity contribution in [2.75, 3.05) is 25.5 Å². The fraction of sp³-hybridized carbons (Fsp3) is 0.280. The molecule has 6 nitrogen and oxygen atoms in total. The second kappa shape index (κ2) is 8.40. The highest BCUT2D eigenvalue weighted by molar-refractivity contribution is 6.07. The Labute approximate surface area is 181 Å². The molecule has 2 aromatic heterocycles. The molecule has 1 aliphatic heterocycles. The van der Waals surface area contributed by atoms with Crippen molar-refractivity contribution in [3.05, 3.63) is 72.7 Å². The minimum atomic E-state index is -0.159. The predicted octanol–water partition coefficient (Wildman–Crippen LogP) is 4.62. The number of piperidine rings is 1. The number of H-pyrrole nitrogens is 2. The van der Waals surface area contributed by atoms with E-state index in [1.165, 1.54) is 0 Å². The lowest BCUT2D eigenvalue weighted by Crippen LogP contribution is -2.36. The van der Waals surface area contributed by atoms with E-state index in [1.54, 1.807) is 6.20 Å². The lowest BCUT2D eigenvalue weighted by atomic mass is 9.79. The predicted molar refractivity (Wildman–Crippen MR) is 124 cm³/mol. The number of nitrogens with one attached hydrogen (secondary N) is 3. The normalized spacial score (nSPS) is 16.4. The van der Waals surface area contributed by atoms with E-state index in [2.05, 4.69) is 50.6 Å². The van der Waals surface area contributed by atoms with Gasteiger partial charge in [-0.1, -0.05) is 42.5 Å². The van der Waals surface area contributed by atoms with E-state index in [0.29, 0.717) is 5.92 Å². The lowest BCUT2D eigenvalue weighted by Gasteiger charge is -2.34. The molecular weight excluding hydrogens is 386 g/mol. The molecule has 158 valence electrons. The number of carbonyl (C=O) groups is 1. The Morgan fingerprint density at radius 1 is 1.10 bits per heavy atom. The molecule has 0 saturated carbocycles. The average molecular weight is 414 g/mol. The highest BCUT2D eigenvalue weighted by atomic mass is 16.1. The minimum absolute atomic E-state index is 0.0627. The standard InChI is InChI=1S/C25H27N5O/c1-30-12-10-18(11-13-30)23(17-6-3-2-4-7-17)25(31)29-22-9-5-8-20-21(16-26-24(20)22)19-14-27-28-15-19/h2-9,14-16,18,23,26H,10-13H2,1H3,(H,27,28)(H,29,31). The third-order valence-corrected chi connectivity index (χ3v) is 6.46. The van der Waals surface area contributed by atoms with Crippen LogP contribution in [0.4, 0.5) is 5.69 Å². The van der Waals surface area contributed by atoms with E-state index in [0.717, 1.165) is 59.2 Å². The van der Waals surface area contributed by atoms with Crippen LogP contribution in [0.1, 0.15) is 24.3 Å². The number of benzene rings is 2. The van der Waals surface area contributed by atoms with Crippen LogP contribution in [0.3, 0.4) is 0 Å². The number of nitrogens with zero attached hydrogens (tertiary/aromatic N) is 2. The molecule has 5 rings (SSSR count). The topological polar surface area (TPSA) is 76.8 Å². The lowest BCUT2D eigenvalue weighted by molar-refractivity contribution is -0.119. The quantitative estimate of drug-likeness (QED) is 0.447. The molecule has 4 aromatic rings. The number of para-hydroxylation sites is 1. The van der Waals surface area contributed by atoms with Gasteiger partial charge in [0.25, 0.3) is 0 Å². The molecule has 31 heavy (non-hydrogen) atoms. The number of likely N-dealkylation sites (tertiary alicyclic amines) is 1. The first-order valence-corrected chi connectivity index (χ1v) is 10.8. The molecule has 6 heteroatoms. The van der Waals surface area contributed by atoms with Crippen molar-refractivity contribution >= 4 is 22.5 Å². The summed E-state index contributed by atoms with van der Waals surface area (Å²) in [7, 11) is 2.15. The highest BCUT2D eigenvalue weighted by Crippen LogP contribution is 2.36. The van der Waals surface area contributed by atoms with Gasteiger partial charge in [-0.3, -0.25) is 9.89 Å². The summed E-state index contributed by atoms with van der Waals surface area (Å²) in [4.78, 5) is 19.3. The van der Waals surface area contributed by atoms with Crippen LogP contribution in [0.15, 0.2) is 67.1 Å². The number of rotatable bonds is 5. The first kappa shape index (κ1) is 19.6. The summed E-state index contributed by atoms with van der Waals surface area (Å²) in [6, 6.07) is 16.2. The minimum Gasteiger partial charge on any atom is -0.359 e. The Hall–Kier alpha value is -3.38. The summed E-state index contributed by atoms with van der Waals surface area (Å²) in [5.74, 6) is 0.240. The van der Waals surface area contributed by atoms with E-state index in [1.807, 2.05) is 42.7 Å². The van der Waals surface area contributed by atoms with E-state index in [4.69, 9.17) is 0 Å². The SMILES string of the molecule is CN1CCC(C(C(=O)Nc2cccc3c(-c4cn[nH]c4)c[nH]c23)c2ccccc2)CC1. The van der Waals surface area contributed by atoms with Gasteiger partial charge in [-0.25, -0.2) is 0 Å². The summed E-state index contributed by atoms with van der Waals surface area (Å²) >= 11 is 0. The zero-order chi connectivity index (χ0) is 21.2. The highest BCUT2D eigenvalue weighted by Gasteiger charge is 2.32. The molecule has 0 aliphatic carbocycles. The van der Waals surface area contributed by atoms with E-state index in [9.17, 15) is 4.79 Å². The van der Waals surface area contributed by atoms with Crippen molar-refractivity contribution < 1.29 is 4.79 Å². The van der Waals surface area contributed by atoms with Crippen LogP contribution >= 0.6 is 0 Å². The molecule has 1 amide bonds. The molecule has 1 fully saturated rings. The molecule has 0 radical (unpaired) electrons. The van der Waals surface area contributed by atoms with Crippen molar-refractivity contribution in [1.29, 1.82) is 0 Å². The summed E-state index contributed by atoms with van der Waals surface area (Å²) in [5, 5.41) is 11.2. The summed E-state index contributed by atoms with van der Waals surface area (Å²) in [5.41, 5.74) is 4.92. The van der Waals surface area contributed by atoms with Crippen LogP contribution in [0.25, 0.3) is 22.0 Å². The van der Waals surface area contributed by atoms with Crippen LogP contribution in [0.5, 0.6) is 0 Å². The van der Waals surface area contributed by atoms with Crippen LogP contribution in [-0.4, -0.2) is 46.1 Å². The summed E-state index contributed by atoms with van der Waals surface area (Å²) in [6.45, 7) is 2.06. The second-order valence-electron chi connectivity index (χ2n) is 8.44. The fourth-order valence-corrected chi connectivity index (χ4v) is 4.77. The van der Waals surface area contributed by atoms with Gasteiger partial charge in [-0.15, -0.1) is 0 Å². The second-order valence-corrected chi connectivity index (χ2v) is 8.44. The maximum absolute atomic E-state index is 13.6. The summed E-state index contributed by atoms with van der Waals surface area (Å²) in [6.07, 6.45) is 7.71. The van der Waals surface area contributed by atoms with Gasteiger partial charge in [-0.05, 0) is 50.5 Å². The Balaban J connectivity index is 1.46. The molecule has 1 atom stereocenters. The Morgan fingerprint density at radius 2 is 1.90 bits per heavy atom. The number of aromatic amines is 2. The smallest absolute Gasteiger partial charge is 0.232 e. The Kier molecular flexibility index (Phi) is 5.30. The molecule has 1 aliphatic rings. The zero-order valence-electron chi connectivity index (χ0n) is 17.6. The van der Waals surface area contributed by atoms with Gasteiger partial charge in [-0.2, -0.15) is 5.10 Å². The fourth-order valence-electron chi connectivity index (χ4n) is 4.77.